The molecule has 0 amide bonds. The van der Waals surface area contributed by atoms with E-state index in [1.807, 2.05) is 0 Å². The lowest BCUT2D eigenvalue weighted by Gasteiger charge is -2.29. The van der Waals surface area contributed by atoms with Crippen molar-refractivity contribution in [3.63, 3.8) is 0 Å². The minimum absolute atomic E-state index is 0.00278. The Balaban J connectivity index is 1.87. The van der Waals surface area contributed by atoms with E-state index in [1.54, 1.807) is 0 Å². The summed E-state index contributed by atoms with van der Waals surface area (Å²) < 4.78 is 6.54. The lowest BCUT2D eigenvalue weighted by Crippen LogP contribution is -2.21. The summed E-state index contributed by atoms with van der Waals surface area (Å²) in [6, 6.07) is 21.7. The van der Waals surface area contributed by atoms with Crippen molar-refractivity contribution in [2.24, 2.45) is 0 Å². The monoisotopic (exact) mass is 391 g/mol. The number of pyridine rings is 1. The van der Waals surface area contributed by atoms with Gasteiger partial charge >= 0.3 is 0 Å². The Morgan fingerprint density at radius 2 is 1.63 bits per heavy atom. The van der Waals surface area contributed by atoms with Crippen LogP contribution >= 0.6 is 0 Å². The number of hydrogen-bond acceptors (Lipinski definition) is 2. The Morgan fingerprint density at radius 3 is 2.43 bits per heavy atom. The van der Waals surface area contributed by atoms with Crippen LogP contribution < -0.4 is 0 Å². The van der Waals surface area contributed by atoms with Gasteiger partial charge in [0, 0.05) is 32.7 Å². The van der Waals surface area contributed by atoms with Crippen molar-refractivity contribution < 1.29 is 4.42 Å². The van der Waals surface area contributed by atoms with Gasteiger partial charge in [-0.05, 0) is 34.7 Å². The SMILES string of the molecule is CC(C)(C)c1ccc2c3c1oc1cccc(c13)-c1nc3ccccc3cc1C2(C)C. The van der Waals surface area contributed by atoms with Crippen LogP contribution in [-0.4, -0.2) is 4.98 Å². The molecule has 30 heavy (non-hydrogen) atoms. The molecular weight excluding hydrogens is 366 g/mol. The van der Waals surface area contributed by atoms with Gasteiger partial charge in [-0.3, -0.25) is 0 Å². The van der Waals surface area contributed by atoms with E-state index in [0.717, 1.165) is 22.4 Å². The summed E-state index contributed by atoms with van der Waals surface area (Å²) in [7, 11) is 0. The van der Waals surface area contributed by atoms with Gasteiger partial charge in [0.1, 0.15) is 11.2 Å². The molecule has 3 aromatic carbocycles. The average molecular weight is 392 g/mol. The Morgan fingerprint density at radius 1 is 0.833 bits per heavy atom. The first-order chi connectivity index (χ1) is 14.3. The molecule has 1 aliphatic rings. The third kappa shape index (κ3) is 2.17. The van der Waals surface area contributed by atoms with Crippen molar-refractivity contribution in [2.75, 3.05) is 0 Å². The fourth-order valence-electron chi connectivity index (χ4n) is 5.17. The highest BCUT2D eigenvalue weighted by Crippen LogP contribution is 2.51. The molecule has 0 bridgehead atoms. The standard InChI is InChI=1S/C28H25NO/c1-27(2,3)19-14-13-18-24-23-17(10-8-12-22(23)30-26(19)24)25-20(28(18,4)5)15-16-9-6-7-11-21(16)29-25/h6-15H,1-5H3. The number of benzene rings is 3. The van der Waals surface area contributed by atoms with Gasteiger partial charge in [0.25, 0.3) is 0 Å². The highest BCUT2D eigenvalue weighted by molar-refractivity contribution is 6.16. The van der Waals surface area contributed by atoms with Crippen LogP contribution in [-0.2, 0) is 10.8 Å². The van der Waals surface area contributed by atoms with E-state index >= 15 is 0 Å². The van der Waals surface area contributed by atoms with Crippen molar-refractivity contribution in [3.05, 3.63) is 77.4 Å². The predicted octanol–water partition coefficient (Wildman–Crippen LogP) is 7.74. The van der Waals surface area contributed by atoms with E-state index < -0.39 is 0 Å². The van der Waals surface area contributed by atoms with Crippen molar-refractivity contribution in [1.29, 1.82) is 0 Å². The predicted molar refractivity (Wildman–Crippen MR) is 125 cm³/mol. The highest BCUT2D eigenvalue weighted by atomic mass is 16.3. The first-order valence-electron chi connectivity index (χ1n) is 10.7. The molecule has 6 rings (SSSR count). The molecule has 0 unspecified atom stereocenters. The lowest BCUT2D eigenvalue weighted by atomic mass is 9.75. The van der Waals surface area contributed by atoms with Gasteiger partial charge in [0.15, 0.2) is 0 Å². The topological polar surface area (TPSA) is 26.0 Å². The van der Waals surface area contributed by atoms with Gasteiger partial charge in [-0.2, -0.15) is 0 Å². The van der Waals surface area contributed by atoms with Gasteiger partial charge < -0.3 is 4.42 Å². The van der Waals surface area contributed by atoms with E-state index in [2.05, 4.69) is 95.3 Å². The molecule has 1 aliphatic carbocycles. The fraction of sp³-hybridized carbons (Fsp3) is 0.250. The van der Waals surface area contributed by atoms with Crippen LogP contribution in [0.5, 0.6) is 0 Å². The van der Waals surface area contributed by atoms with E-state index in [9.17, 15) is 0 Å². The zero-order chi connectivity index (χ0) is 20.8. The van der Waals surface area contributed by atoms with Gasteiger partial charge in [0.05, 0.1) is 11.2 Å². The van der Waals surface area contributed by atoms with Crippen LogP contribution in [0.15, 0.2) is 65.1 Å². The molecule has 0 saturated heterocycles. The average Bonchev–Trinajstić information content (AvgIpc) is 3.07. The van der Waals surface area contributed by atoms with Gasteiger partial charge in [-0.25, -0.2) is 4.98 Å². The Hall–Kier alpha value is -3.13. The first-order valence-corrected chi connectivity index (χ1v) is 10.7. The van der Waals surface area contributed by atoms with E-state index in [1.165, 1.54) is 38.4 Å². The maximum absolute atomic E-state index is 6.54. The molecule has 0 radical (unpaired) electrons. The molecule has 0 fully saturated rings. The van der Waals surface area contributed by atoms with Gasteiger partial charge in [-0.15, -0.1) is 0 Å². The molecule has 2 aromatic heterocycles. The Bertz CT molecular complexity index is 1490. The lowest BCUT2D eigenvalue weighted by molar-refractivity contribution is 0.570. The zero-order valence-electron chi connectivity index (χ0n) is 18.1. The van der Waals surface area contributed by atoms with E-state index in [0.29, 0.717) is 0 Å². The number of nitrogens with zero attached hydrogens (tertiary/aromatic N) is 1. The van der Waals surface area contributed by atoms with Gasteiger partial charge in [-0.1, -0.05) is 77.1 Å². The summed E-state index contributed by atoms with van der Waals surface area (Å²) in [5.41, 5.74) is 8.88. The van der Waals surface area contributed by atoms with Crippen molar-refractivity contribution in [2.45, 2.75) is 45.4 Å². The number of fused-ring (bicyclic) bond motifs is 3. The highest BCUT2D eigenvalue weighted by Gasteiger charge is 2.36. The smallest absolute Gasteiger partial charge is 0.139 e. The molecular formula is C28H25NO. The molecule has 148 valence electrons. The third-order valence-electron chi connectivity index (χ3n) is 6.78. The quantitative estimate of drug-likeness (QED) is 0.270. The first kappa shape index (κ1) is 17.7. The fourth-order valence-corrected chi connectivity index (χ4v) is 5.17. The molecule has 0 saturated carbocycles. The van der Waals surface area contributed by atoms with Crippen LogP contribution in [0.2, 0.25) is 0 Å². The number of aromatic nitrogens is 1. The number of rotatable bonds is 0. The summed E-state index contributed by atoms with van der Waals surface area (Å²) in [4.78, 5) is 5.18. The summed E-state index contributed by atoms with van der Waals surface area (Å²) >= 11 is 0. The van der Waals surface area contributed by atoms with E-state index in [-0.39, 0.29) is 10.8 Å². The minimum atomic E-state index is -0.198. The van der Waals surface area contributed by atoms with Gasteiger partial charge in [0.2, 0.25) is 0 Å². The van der Waals surface area contributed by atoms with Crippen LogP contribution in [0.1, 0.15) is 51.3 Å². The van der Waals surface area contributed by atoms with Crippen LogP contribution in [0.4, 0.5) is 0 Å². The summed E-state index contributed by atoms with van der Waals surface area (Å²) in [6.07, 6.45) is 0. The van der Waals surface area contributed by atoms with E-state index in [4.69, 9.17) is 9.40 Å². The second-order valence-electron chi connectivity index (χ2n) is 10.1. The number of para-hydroxylation sites is 1. The molecule has 0 aliphatic heterocycles. The largest absolute Gasteiger partial charge is 0.456 e. The molecule has 2 heterocycles. The molecule has 0 spiro atoms. The molecule has 0 N–H and O–H groups in total. The maximum Gasteiger partial charge on any atom is 0.139 e. The molecule has 2 nitrogen and oxygen atoms in total. The maximum atomic E-state index is 6.54. The van der Waals surface area contributed by atoms with Crippen LogP contribution in [0.3, 0.4) is 0 Å². The normalized spacial score (nSPS) is 15.1. The van der Waals surface area contributed by atoms with Crippen LogP contribution in [0.25, 0.3) is 44.1 Å². The van der Waals surface area contributed by atoms with Crippen LogP contribution in [0, 0.1) is 0 Å². The van der Waals surface area contributed by atoms with Crippen molar-refractivity contribution in [3.8, 4) is 11.3 Å². The summed E-state index contributed by atoms with van der Waals surface area (Å²) in [5.74, 6) is 0. The molecule has 2 heteroatoms. The second kappa shape index (κ2) is 5.51. The second-order valence-corrected chi connectivity index (χ2v) is 10.1. The van der Waals surface area contributed by atoms with Crippen molar-refractivity contribution >= 4 is 32.8 Å². The summed E-state index contributed by atoms with van der Waals surface area (Å²) in [6.45, 7) is 11.4. The minimum Gasteiger partial charge on any atom is -0.456 e. The number of furan rings is 1. The molecule has 5 aromatic rings. The van der Waals surface area contributed by atoms with Crippen molar-refractivity contribution in [1.82, 2.24) is 4.98 Å². The zero-order valence-corrected chi connectivity index (χ0v) is 18.1. The number of hydrogen-bond donors (Lipinski definition) is 0. The summed E-state index contributed by atoms with van der Waals surface area (Å²) in [5, 5.41) is 3.63. The third-order valence-corrected chi connectivity index (χ3v) is 6.78. The Labute approximate surface area is 176 Å². The Kier molecular flexibility index (Phi) is 3.25. The molecule has 0 atom stereocenters.